The van der Waals surface area contributed by atoms with Gasteiger partial charge in [-0.05, 0) is 18.2 Å². The van der Waals surface area contributed by atoms with Crippen molar-refractivity contribution in [2.75, 3.05) is 17.0 Å². The van der Waals surface area contributed by atoms with E-state index in [-0.39, 0.29) is 0 Å². The van der Waals surface area contributed by atoms with Crippen LogP contribution in [0.1, 0.15) is 6.92 Å². The van der Waals surface area contributed by atoms with Gasteiger partial charge < -0.3 is 5.73 Å². The summed E-state index contributed by atoms with van der Waals surface area (Å²) in [7, 11) is -3.51. The van der Waals surface area contributed by atoms with Crippen LogP contribution in [-0.2, 0) is 10.2 Å². The molecule has 1 aromatic carbocycles. The van der Waals surface area contributed by atoms with Crippen molar-refractivity contribution in [1.82, 2.24) is 4.72 Å². The summed E-state index contributed by atoms with van der Waals surface area (Å²) >= 11 is 5.70. The number of nitrogens with two attached hydrogens (primary N) is 1. The van der Waals surface area contributed by atoms with E-state index in [9.17, 15) is 8.42 Å². The number of rotatable bonds is 4. The summed E-state index contributed by atoms with van der Waals surface area (Å²) in [6.07, 6.45) is 0. The van der Waals surface area contributed by atoms with Gasteiger partial charge in [-0.2, -0.15) is 13.1 Å². The van der Waals surface area contributed by atoms with Crippen LogP contribution in [-0.4, -0.2) is 15.0 Å². The molecule has 0 saturated heterocycles. The average Bonchev–Trinajstić information content (AvgIpc) is 2.10. The third kappa shape index (κ3) is 3.58. The van der Waals surface area contributed by atoms with E-state index in [2.05, 4.69) is 9.44 Å². The first kappa shape index (κ1) is 12.1. The number of halogens is 1. The Morgan fingerprint density at radius 3 is 2.67 bits per heavy atom. The topological polar surface area (TPSA) is 84.2 Å². The molecule has 15 heavy (non-hydrogen) atoms. The Morgan fingerprint density at radius 1 is 1.47 bits per heavy atom. The highest BCUT2D eigenvalue weighted by molar-refractivity contribution is 7.90. The van der Waals surface area contributed by atoms with E-state index in [0.717, 1.165) is 0 Å². The van der Waals surface area contributed by atoms with Crippen LogP contribution in [0, 0.1) is 0 Å². The largest absolute Gasteiger partial charge is 0.397 e. The molecular weight excluding hydrogens is 238 g/mol. The van der Waals surface area contributed by atoms with Crippen LogP contribution < -0.4 is 15.2 Å². The molecule has 0 radical (unpaired) electrons. The fraction of sp³-hybridized carbons (Fsp3) is 0.250. The fourth-order valence-corrected chi connectivity index (χ4v) is 2.00. The molecule has 0 atom stereocenters. The Hall–Kier alpha value is -0.980. The molecule has 0 aliphatic carbocycles. The molecule has 0 unspecified atom stereocenters. The van der Waals surface area contributed by atoms with Crippen LogP contribution in [0.25, 0.3) is 0 Å². The van der Waals surface area contributed by atoms with Gasteiger partial charge in [-0.1, -0.05) is 18.5 Å². The van der Waals surface area contributed by atoms with Crippen molar-refractivity contribution < 1.29 is 8.42 Å². The van der Waals surface area contributed by atoms with Crippen LogP contribution in [0.3, 0.4) is 0 Å². The van der Waals surface area contributed by atoms with Gasteiger partial charge in [0.25, 0.3) is 10.2 Å². The Labute approximate surface area is 93.8 Å². The van der Waals surface area contributed by atoms with Crippen molar-refractivity contribution >= 4 is 33.2 Å². The second-order valence-corrected chi connectivity index (χ2v) is 4.75. The molecule has 0 aromatic heterocycles. The maximum absolute atomic E-state index is 11.3. The maximum Gasteiger partial charge on any atom is 0.299 e. The average molecular weight is 250 g/mol. The van der Waals surface area contributed by atoms with Gasteiger partial charge in [-0.3, -0.25) is 4.72 Å². The first-order valence-corrected chi connectivity index (χ1v) is 6.13. The van der Waals surface area contributed by atoms with Crippen molar-refractivity contribution in [3.8, 4) is 0 Å². The number of nitrogen functional groups attached to an aromatic ring is 1. The fourth-order valence-electron chi connectivity index (χ4n) is 0.988. The Morgan fingerprint density at radius 2 is 2.13 bits per heavy atom. The minimum absolute atomic E-state index is 0.318. The monoisotopic (exact) mass is 249 g/mol. The van der Waals surface area contributed by atoms with Crippen molar-refractivity contribution in [3.63, 3.8) is 0 Å². The van der Waals surface area contributed by atoms with Crippen molar-refractivity contribution in [3.05, 3.63) is 23.2 Å². The Kier molecular flexibility index (Phi) is 3.78. The summed E-state index contributed by atoms with van der Waals surface area (Å²) in [4.78, 5) is 0. The standard InChI is InChI=1S/C8H12ClN3O2S/c1-2-11-15(13,14)12-6-3-4-7(9)8(10)5-6/h3-5,11-12H,2,10H2,1H3. The second kappa shape index (κ2) is 4.69. The predicted octanol–water partition coefficient (Wildman–Crippen LogP) is 1.19. The SMILES string of the molecule is CCNS(=O)(=O)Nc1ccc(Cl)c(N)c1. The molecule has 4 N–H and O–H groups in total. The number of benzene rings is 1. The molecule has 0 heterocycles. The Bertz CT molecular complexity index is 447. The quantitative estimate of drug-likeness (QED) is 0.701. The molecular formula is C8H12ClN3O2S. The molecule has 0 bridgehead atoms. The lowest BCUT2D eigenvalue weighted by molar-refractivity contribution is 0.589. The summed E-state index contributed by atoms with van der Waals surface area (Å²) in [6, 6.07) is 4.52. The van der Waals surface area contributed by atoms with E-state index < -0.39 is 10.2 Å². The molecule has 0 saturated carbocycles. The molecule has 1 rings (SSSR count). The zero-order chi connectivity index (χ0) is 11.5. The van der Waals surface area contributed by atoms with Gasteiger partial charge in [-0.15, -0.1) is 0 Å². The highest BCUT2D eigenvalue weighted by Gasteiger charge is 2.08. The molecule has 0 spiro atoms. The zero-order valence-electron chi connectivity index (χ0n) is 8.12. The van der Waals surface area contributed by atoms with Crippen LogP contribution in [0.4, 0.5) is 11.4 Å². The highest BCUT2D eigenvalue weighted by atomic mass is 35.5. The third-order valence-electron chi connectivity index (χ3n) is 1.58. The van der Waals surface area contributed by atoms with Gasteiger partial charge in [-0.25, -0.2) is 0 Å². The molecule has 0 fully saturated rings. The lowest BCUT2D eigenvalue weighted by Gasteiger charge is -2.08. The van der Waals surface area contributed by atoms with E-state index >= 15 is 0 Å². The molecule has 5 nitrogen and oxygen atoms in total. The van der Waals surface area contributed by atoms with Crippen LogP contribution in [0.2, 0.25) is 5.02 Å². The normalized spacial score (nSPS) is 11.3. The third-order valence-corrected chi connectivity index (χ3v) is 3.10. The smallest absolute Gasteiger partial charge is 0.299 e. The number of anilines is 2. The molecule has 1 aromatic rings. The van der Waals surface area contributed by atoms with E-state index in [1.807, 2.05) is 0 Å². The van der Waals surface area contributed by atoms with Crippen molar-refractivity contribution in [2.45, 2.75) is 6.92 Å². The van der Waals surface area contributed by atoms with Gasteiger partial charge in [0.2, 0.25) is 0 Å². The summed E-state index contributed by atoms with van der Waals surface area (Å²) < 4.78 is 27.2. The number of hydrogen-bond donors (Lipinski definition) is 3. The lowest BCUT2D eigenvalue weighted by atomic mass is 10.3. The number of hydrogen-bond acceptors (Lipinski definition) is 3. The lowest BCUT2D eigenvalue weighted by Crippen LogP contribution is -2.29. The van der Waals surface area contributed by atoms with Crippen LogP contribution >= 0.6 is 11.6 Å². The highest BCUT2D eigenvalue weighted by Crippen LogP contribution is 2.22. The van der Waals surface area contributed by atoms with E-state index in [4.69, 9.17) is 17.3 Å². The summed E-state index contributed by atoms with van der Waals surface area (Å²) in [5.74, 6) is 0. The first-order chi connectivity index (χ1) is 6.94. The Balaban J connectivity index is 2.86. The maximum atomic E-state index is 11.3. The summed E-state index contributed by atoms with van der Waals surface area (Å²) in [5, 5.41) is 0.390. The minimum Gasteiger partial charge on any atom is -0.397 e. The van der Waals surface area contributed by atoms with Gasteiger partial charge >= 0.3 is 0 Å². The molecule has 0 aliphatic rings. The van der Waals surface area contributed by atoms with Crippen LogP contribution in [0.5, 0.6) is 0 Å². The van der Waals surface area contributed by atoms with Gasteiger partial charge in [0.05, 0.1) is 16.4 Å². The van der Waals surface area contributed by atoms with E-state index in [0.29, 0.717) is 22.9 Å². The summed E-state index contributed by atoms with van der Waals surface area (Å²) in [5.41, 5.74) is 6.23. The van der Waals surface area contributed by atoms with Gasteiger partial charge in [0.1, 0.15) is 0 Å². The minimum atomic E-state index is -3.51. The van der Waals surface area contributed by atoms with Crippen molar-refractivity contribution in [1.29, 1.82) is 0 Å². The van der Waals surface area contributed by atoms with Crippen LogP contribution in [0.15, 0.2) is 18.2 Å². The number of nitrogens with one attached hydrogen (secondary N) is 2. The van der Waals surface area contributed by atoms with E-state index in [1.165, 1.54) is 18.2 Å². The van der Waals surface area contributed by atoms with Crippen molar-refractivity contribution in [2.24, 2.45) is 0 Å². The predicted molar refractivity (Wildman–Crippen MR) is 62.1 cm³/mol. The molecule has 84 valence electrons. The second-order valence-electron chi connectivity index (χ2n) is 2.84. The zero-order valence-corrected chi connectivity index (χ0v) is 9.69. The first-order valence-electron chi connectivity index (χ1n) is 4.27. The molecule has 0 aliphatic heterocycles. The van der Waals surface area contributed by atoms with Gasteiger partial charge in [0.15, 0.2) is 0 Å². The molecule has 0 amide bonds. The van der Waals surface area contributed by atoms with Gasteiger partial charge in [0, 0.05) is 6.54 Å². The molecule has 7 heteroatoms. The van der Waals surface area contributed by atoms with E-state index in [1.54, 1.807) is 6.92 Å². The summed E-state index contributed by atoms with van der Waals surface area (Å²) in [6.45, 7) is 2.01.